The van der Waals surface area contributed by atoms with Gasteiger partial charge in [0.15, 0.2) is 5.82 Å². The molecule has 0 fully saturated rings. The SMILES string of the molecule is Cc1ccnc(-c2ccc3ccccc3n2)n1. The number of para-hydroxylation sites is 1. The summed E-state index contributed by atoms with van der Waals surface area (Å²) in [6.07, 6.45) is 1.76. The topological polar surface area (TPSA) is 38.7 Å². The highest BCUT2D eigenvalue weighted by Gasteiger charge is 2.03. The fourth-order valence-electron chi connectivity index (χ4n) is 1.76. The number of aromatic nitrogens is 3. The molecule has 3 aromatic rings. The summed E-state index contributed by atoms with van der Waals surface area (Å²) in [6.45, 7) is 1.95. The van der Waals surface area contributed by atoms with Gasteiger partial charge in [-0.15, -0.1) is 0 Å². The first-order chi connectivity index (χ1) is 8.33. The maximum atomic E-state index is 4.56. The van der Waals surface area contributed by atoms with Crippen molar-refractivity contribution in [2.45, 2.75) is 6.92 Å². The average molecular weight is 221 g/mol. The van der Waals surface area contributed by atoms with Crippen LogP contribution in [-0.2, 0) is 0 Å². The lowest BCUT2D eigenvalue weighted by Gasteiger charge is -2.02. The molecule has 2 heterocycles. The third-order valence-electron chi connectivity index (χ3n) is 2.62. The summed E-state index contributed by atoms with van der Waals surface area (Å²) in [6, 6.07) is 13.9. The zero-order valence-corrected chi connectivity index (χ0v) is 9.46. The van der Waals surface area contributed by atoms with Crippen molar-refractivity contribution in [1.82, 2.24) is 15.0 Å². The van der Waals surface area contributed by atoms with Crippen LogP contribution in [0.2, 0.25) is 0 Å². The summed E-state index contributed by atoms with van der Waals surface area (Å²) in [4.78, 5) is 13.2. The maximum absolute atomic E-state index is 4.56. The third kappa shape index (κ3) is 1.87. The summed E-state index contributed by atoms with van der Waals surface area (Å²) in [5.41, 5.74) is 2.73. The minimum absolute atomic E-state index is 0.677. The second kappa shape index (κ2) is 3.94. The first kappa shape index (κ1) is 9.90. The summed E-state index contributed by atoms with van der Waals surface area (Å²) in [7, 11) is 0. The van der Waals surface area contributed by atoms with Gasteiger partial charge in [-0.25, -0.2) is 15.0 Å². The number of hydrogen-bond acceptors (Lipinski definition) is 3. The van der Waals surface area contributed by atoms with Gasteiger partial charge in [0.2, 0.25) is 0 Å². The van der Waals surface area contributed by atoms with Crippen LogP contribution in [0, 0.1) is 6.92 Å². The van der Waals surface area contributed by atoms with Crippen molar-refractivity contribution in [3.63, 3.8) is 0 Å². The van der Waals surface area contributed by atoms with Crippen LogP contribution in [0.3, 0.4) is 0 Å². The molecule has 2 aromatic heterocycles. The van der Waals surface area contributed by atoms with Crippen molar-refractivity contribution < 1.29 is 0 Å². The van der Waals surface area contributed by atoms with E-state index >= 15 is 0 Å². The normalized spacial score (nSPS) is 10.6. The lowest BCUT2D eigenvalue weighted by atomic mass is 10.2. The van der Waals surface area contributed by atoms with Crippen LogP contribution in [0.1, 0.15) is 5.69 Å². The number of pyridine rings is 1. The lowest BCUT2D eigenvalue weighted by Crippen LogP contribution is -1.93. The van der Waals surface area contributed by atoms with E-state index < -0.39 is 0 Å². The van der Waals surface area contributed by atoms with Crippen LogP contribution in [0.25, 0.3) is 22.4 Å². The van der Waals surface area contributed by atoms with Gasteiger partial charge >= 0.3 is 0 Å². The molecule has 0 amide bonds. The Morgan fingerprint density at radius 1 is 0.882 bits per heavy atom. The Bertz CT molecular complexity index is 677. The predicted molar refractivity (Wildman–Crippen MR) is 67.5 cm³/mol. The van der Waals surface area contributed by atoms with Crippen LogP contribution >= 0.6 is 0 Å². The average Bonchev–Trinajstić information content (AvgIpc) is 2.38. The summed E-state index contributed by atoms with van der Waals surface area (Å²) < 4.78 is 0. The van der Waals surface area contributed by atoms with E-state index in [1.807, 2.05) is 49.4 Å². The predicted octanol–water partition coefficient (Wildman–Crippen LogP) is 3.00. The number of rotatable bonds is 1. The van der Waals surface area contributed by atoms with E-state index in [-0.39, 0.29) is 0 Å². The van der Waals surface area contributed by atoms with Crippen molar-refractivity contribution in [2.75, 3.05) is 0 Å². The first-order valence-corrected chi connectivity index (χ1v) is 5.49. The molecule has 0 bridgehead atoms. The number of aryl methyl sites for hydroxylation is 1. The first-order valence-electron chi connectivity index (χ1n) is 5.49. The molecule has 0 saturated carbocycles. The molecule has 3 rings (SSSR count). The zero-order valence-electron chi connectivity index (χ0n) is 9.46. The minimum atomic E-state index is 0.677. The van der Waals surface area contributed by atoms with Crippen LogP contribution in [0.15, 0.2) is 48.7 Å². The lowest BCUT2D eigenvalue weighted by molar-refractivity contribution is 1.09. The van der Waals surface area contributed by atoms with Gasteiger partial charge in [0, 0.05) is 17.3 Å². The molecule has 0 N–H and O–H groups in total. The smallest absolute Gasteiger partial charge is 0.178 e. The van der Waals surface area contributed by atoms with Gasteiger partial charge in [0.1, 0.15) is 5.69 Å². The van der Waals surface area contributed by atoms with Gasteiger partial charge in [-0.05, 0) is 25.1 Å². The highest BCUT2D eigenvalue weighted by Crippen LogP contribution is 2.17. The molecule has 0 atom stereocenters. The van der Waals surface area contributed by atoms with E-state index in [0.717, 1.165) is 22.3 Å². The molecule has 0 unspecified atom stereocenters. The second-order valence-corrected chi connectivity index (χ2v) is 3.91. The molecular formula is C14H11N3. The Hall–Kier alpha value is -2.29. The van der Waals surface area contributed by atoms with Gasteiger partial charge in [-0.1, -0.05) is 24.3 Å². The van der Waals surface area contributed by atoms with Crippen molar-refractivity contribution >= 4 is 10.9 Å². The van der Waals surface area contributed by atoms with E-state index in [4.69, 9.17) is 0 Å². The molecule has 0 saturated heterocycles. The summed E-state index contributed by atoms with van der Waals surface area (Å²) in [5.74, 6) is 0.677. The Kier molecular flexibility index (Phi) is 2.29. The molecule has 3 nitrogen and oxygen atoms in total. The molecule has 0 radical (unpaired) electrons. The molecule has 0 spiro atoms. The third-order valence-corrected chi connectivity index (χ3v) is 2.62. The fourth-order valence-corrected chi connectivity index (χ4v) is 1.76. The van der Waals surface area contributed by atoms with Crippen LogP contribution in [0.4, 0.5) is 0 Å². The zero-order chi connectivity index (χ0) is 11.7. The molecule has 0 aliphatic carbocycles. The highest BCUT2D eigenvalue weighted by molar-refractivity contribution is 5.80. The minimum Gasteiger partial charge on any atom is -0.244 e. The van der Waals surface area contributed by atoms with Crippen LogP contribution < -0.4 is 0 Å². The van der Waals surface area contributed by atoms with E-state index in [1.165, 1.54) is 0 Å². The fraction of sp³-hybridized carbons (Fsp3) is 0.0714. The van der Waals surface area contributed by atoms with Crippen LogP contribution in [0.5, 0.6) is 0 Å². The van der Waals surface area contributed by atoms with Gasteiger partial charge < -0.3 is 0 Å². The van der Waals surface area contributed by atoms with Crippen molar-refractivity contribution in [2.24, 2.45) is 0 Å². The summed E-state index contributed by atoms with van der Waals surface area (Å²) in [5, 5.41) is 1.13. The number of nitrogens with zero attached hydrogens (tertiary/aromatic N) is 3. The molecule has 0 aliphatic rings. The second-order valence-electron chi connectivity index (χ2n) is 3.91. The Morgan fingerprint density at radius 2 is 1.76 bits per heavy atom. The Morgan fingerprint density at radius 3 is 2.65 bits per heavy atom. The van der Waals surface area contributed by atoms with Crippen molar-refractivity contribution in [3.05, 3.63) is 54.4 Å². The quantitative estimate of drug-likeness (QED) is 0.634. The van der Waals surface area contributed by atoms with Gasteiger partial charge in [0.05, 0.1) is 5.52 Å². The van der Waals surface area contributed by atoms with Gasteiger partial charge in [0.25, 0.3) is 0 Å². The van der Waals surface area contributed by atoms with E-state index in [1.54, 1.807) is 6.20 Å². The van der Waals surface area contributed by atoms with Gasteiger partial charge in [-0.2, -0.15) is 0 Å². The van der Waals surface area contributed by atoms with E-state index in [9.17, 15) is 0 Å². The molecule has 0 aliphatic heterocycles. The van der Waals surface area contributed by atoms with E-state index in [2.05, 4.69) is 15.0 Å². The monoisotopic (exact) mass is 221 g/mol. The highest BCUT2D eigenvalue weighted by atomic mass is 14.9. The van der Waals surface area contributed by atoms with Crippen LogP contribution in [-0.4, -0.2) is 15.0 Å². The van der Waals surface area contributed by atoms with Crippen molar-refractivity contribution in [3.8, 4) is 11.5 Å². The molecule has 82 valence electrons. The molecule has 1 aromatic carbocycles. The number of benzene rings is 1. The Labute approximate surface area is 99.2 Å². The standard InChI is InChI=1S/C14H11N3/c1-10-8-9-15-14(16-10)13-7-6-11-4-2-3-5-12(11)17-13/h2-9H,1H3. The maximum Gasteiger partial charge on any atom is 0.178 e. The van der Waals surface area contributed by atoms with Gasteiger partial charge in [-0.3, -0.25) is 0 Å². The number of fused-ring (bicyclic) bond motifs is 1. The largest absolute Gasteiger partial charge is 0.244 e. The van der Waals surface area contributed by atoms with E-state index in [0.29, 0.717) is 5.82 Å². The molecule has 3 heteroatoms. The summed E-state index contributed by atoms with van der Waals surface area (Å²) >= 11 is 0. The van der Waals surface area contributed by atoms with Crippen molar-refractivity contribution in [1.29, 1.82) is 0 Å². The molecule has 17 heavy (non-hydrogen) atoms. The molecular weight excluding hydrogens is 210 g/mol. The Balaban J connectivity index is 2.18. The number of hydrogen-bond donors (Lipinski definition) is 0.